The number of nitrogens with one attached hydrogen (secondary N) is 1. The molecule has 0 saturated carbocycles. The predicted octanol–water partition coefficient (Wildman–Crippen LogP) is 4.00. The second-order valence-electron chi connectivity index (χ2n) is 5.76. The minimum atomic E-state index is -0.316. The number of hydrogen-bond donors (Lipinski definition) is 1. The van der Waals surface area contributed by atoms with Crippen molar-refractivity contribution in [1.82, 2.24) is 10.3 Å². The van der Waals surface area contributed by atoms with Gasteiger partial charge >= 0.3 is 0 Å². The van der Waals surface area contributed by atoms with Crippen LogP contribution in [0.25, 0.3) is 0 Å². The van der Waals surface area contributed by atoms with Crippen LogP contribution in [0.3, 0.4) is 0 Å². The number of nitrogens with zero attached hydrogens (tertiary/aromatic N) is 1. The van der Waals surface area contributed by atoms with Crippen molar-refractivity contribution in [3.8, 4) is 5.75 Å². The number of pyridine rings is 1. The number of allylic oxidation sites excluding steroid dienone is 2. The second kappa shape index (κ2) is 8.76. The Hall–Kier alpha value is -3.21. The Morgan fingerprint density at radius 3 is 2.81 bits per heavy atom. The third-order valence-corrected chi connectivity index (χ3v) is 3.86. The third kappa shape index (κ3) is 4.89. The highest BCUT2D eigenvalue weighted by Crippen LogP contribution is 2.18. The van der Waals surface area contributed by atoms with Gasteiger partial charge in [-0.1, -0.05) is 42.5 Å². The first-order chi connectivity index (χ1) is 12.7. The molecule has 1 N–H and O–H groups in total. The molecule has 132 valence electrons. The van der Waals surface area contributed by atoms with Gasteiger partial charge in [-0.25, -0.2) is 4.39 Å². The fourth-order valence-corrected chi connectivity index (χ4v) is 2.46. The summed E-state index contributed by atoms with van der Waals surface area (Å²) >= 11 is 0. The molecule has 1 amide bonds. The zero-order chi connectivity index (χ0) is 18.2. The molecule has 1 aliphatic rings. The van der Waals surface area contributed by atoms with Gasteiger partial charge in [-0.3, -0.25) is 9.78 Å². The number of carbonyl (C=O) groups is 1. The van der Waals surface area contributed by atoms with Crippen LogP contribution in [0.4, 0.5) is 4.39 Å². The molecule has 2 aromatic rings. The van der Waals surface area contributed by atoms with Gasteiger partial charge in [0, 0.05) is 23.8 Å². The van der Waals surface area contributed by atoms with Crippen molar-refractivity contribution < 1.29 is 13.9 Å². The maximum atomic E-state index is 14.2. The van der Waals surface area contributed by atoms with E-state index in [0.717, 1.165) is 0 Å². The van der Waals surface area contributed by atoms with E-state index in [4.69, 9.17) is 4.74 Å². The molecule has 1 atom stereocenters. The monoisotopic (exact) mass is 350 g/mol. The highest BCUT2D eigenvalue weighted by atomic mass is 19.1. The van der Waals surface area contributed by atoms with E-state index in [1.807, 2.05) is 18.2 Å². The SMILES string of the molecule is O=C(NC1C=C/C(COc2cccnc2)=C(/F)C/C=C\1)c1ccccc1. The van der Waals surface area contributed by atoms with E-state index in [1.165, 1.54) is 0 Å². The third-order valence-electron chi connectivity index (χ3n) is 3.86. The van der Waals surface area contributed by atoms with E-state index in [0.29, 0.717) is 16.9 Å². The van der Waals surface area contributed by atoms with Crippen LogP contribution in [0.15, 0.2) is 90.6 Å². The summed E-state index contributed by atoms with van der Waals surface area (Å²) in [5.41, 5.74) is 1.02. The van der Waals surface area contributed by atoms with E-state index in [2.05, 4.69) is 10.3 Å². The summed E-state index contributed by atoms with van der Waals surface area (Å²) in [5.74, 6) is 0.144. The summed E-state index contributed by atoms with van der Waals surface area (Å²) < 4.78 is 19.8. The molecule has 1 aliphatic carbocycles. The quantitative estimate of drug-likeness (QED) is 0.830. The summed E-state index contributed by atoms with van der Waals surface area (Å²) in [6.07, 6.45) is 10.3. The minimum Gasteiger partial charge on any atom is -0.487 e. The van der Waals surface area contributed by atoms with Crippen LogP contribution < -0.4 is 10.1 Å². The molecule has 5 heteroatoms. The van der Waals surface area contributed by atoms with Crippen molar-refractivity contribution in [2.24, 2.45) is 0 Å². The van der Waals surface area contributed by atoms with Crippen molar-refractivity contribution in [2.45, 2.75) is 12.5 Å². The van der Waals surface area contributed by atoms with Crippen LogP contribution >= 0.6 is 0 Å². The summed E-state index contributed by atoms with van der Waals surface area (Å²) in [6, 6.07) is 12.2. The maximum absolute atomic E-state index is 14.2. The Labute approximate surface area is 151 Å². The van der Waals surface area contributed by atoms with Crippen molar-refractivity contribution in [2.75, 3.05) is 6.61 Å². The van der Waals surface area contributed by atoms with Gasteiger partial charge in [0.2, 0.25) is 0 Å². The average Bonchev–Trinajstić information content (AvgIpc) is 2.67. The van der Waals surface area contributed by atoms with Gasteiger partial charge in [0.15, 0.2) is 0 Å². The largest absolute Gasteiger partial charge is 0.487 e. The lowest BCUT2D eigenvalue weighted by atomic mass is 10.1. The van der Waals surface area contributed by atoms with Crippen LogP contribution in [0.2, 0.25) is 0 Å². The highest BCUT2D eigenvalue weighted by molar-refractivity contribution is 5.94. The summed E-state index contributed by atoms with van der Waals surface area (Å²) in [4.78, 5) is 16.2. The fraction of sp³-hybridized carbons (Fsp3) is 0.143. The van der Waals surface area contributed by atoms with Crippen molar-refractivity contribution in [3.05, 3.63) is 96.1 Å². The molecule has 4 nitrogen and oxygen atoms in total. The summed E-state index contributed by atoms with van der Waals surface area (Å²) in [5, 5.41) is 2.90. The molecule has 3 rings (SSSR count). The first kappa shape index (κ1) is 17.6. The topological polar surface area (TPSA) is 51.2 Å². The number of aromatic nitrogens is 1. The molecule has 0 aliphatic heterocycles. The van der Waals surface area contributed by atoms with Crippen LogP contribution in [-0.2, 0) is 0 Å². The number of rotatable bonds is 5. The van der Waals surface area contributed by atoms with Gasteiger partial charge in [0.25, 0.3) is 5.91 Å². The van der Waals surface area contributed by atoms with Gasteiger partial charge in [-0.15, -0.1) is 0 Å². The molecule has 1 unspecified atom stereocenters. The van der Waals surface area contributed by atoms with Gasteiger partial charge in [-0.2, -0.15) is 0 Å². The number of hydrogen-bond acceptors (Lipinski definition) is 3. The zero-order valence-corrected chi connectivity index (χ0v) is 14.1. The van der Waals surface area contributed by atoms with E-state index in [9.17, 15) is 9.18 Å². The lowest BCUT2D eigenvalue weighted by molar-refractivity contribution is 0.0950. The average molecular weight is 350 g/mol. The molecule has 1 aromatic carbocycles. The number of amides is 1. The first-order valence-corrected chi connectivity index (χ1v) is 8.33. The predicted molar refractivity (Wildman–Crippen MR) is 98.5 cm³/mol. The fourth-order valence-electron chi connectivity index (χ4n) is 2.46. The second-order valence-corrected chi connectivity index (χ2v) is 5.76. The zero-order valence-electron chi connectivity index (χ0n) is 14.1. The molecular weight excluding hydrogens is 331 g/mol. The Morgan fingerprint density at radius 2 is 2.04 bits per heavy atom. The molecule has 26 heavy (non-hydrogen) atoms. The van der Waals surface area contributed by atoms with E-state index < -0.39 is 0 Å². The minimum absolute atomic E-state index is 0.0984. The summed E-state index contributed by atoms with van der Waals surface area (Å²) in [6.45, 7) is 0.0984. The van der Waals surface area contributed by atoms with E-state index in [1.54, 1.807) is 61.0 Å². The standard InChI is InChI=1S/C21H19FN2O2/c22-20-10-4-8-18(24-21(25)16-6-2-1-3-7-16)12-11-17(20)15-26-19-9-5-13-23-14-19/h1-9,11-14,18H,10,15H2,(H,24,25)/b8-4-,12-11?,20-17-. The number of carbonyl (C=O) groups excluding carboxylic acids is 1. The summed E-state index contributed by atoms with van der Waals surface area (Å²) in [7, 11) is 0. The Bertz CT molecular complexity index is 830. The lowest BCUT2D eigenvalue weighted by Crippen LogP contribution is -2.32. The van der Waals surface area contributed by atoms with Crippen LogP contribution in [0, 0.1) is 0 Å². The number of benzene rings is 1. The molecule has 0 saturated heterocycles. The maximum Gasteiger partial charge on any atom is 0.251 e. The normalized spacial score (nSPS) is 20.7. The highest BCUT2D eigenvalue weighted by Gasteiger charge is 2.12. The molecular formula is C21H19FN2O2. The van der Waals surface area contributed by atoms with Crippen LogP contribution in [0.1, 0.15) is 16.8 Å². The molecule has 0 spiro atoms. The Kier molecular flexibility index (Phi) is 5.93. The van der Waals surface area contributed by atoms with Crippen molar-refractivity contribution in [3.63, 3.8) is 0 Å². The lowest BCUT2D eigenvalue weighted by Gasteiger charge is -2.14. The number of halogens is 1. The van der Waals surface area contributed by atoms with Gasteiger partial charge < -0.3 is 10.1 Å². The van der Waals surface area contributed by atoms with E-state index >= 15 is 0 Å². The number of ether oxygens (including phenoxy) is 1. The smallest absolute Gasteiger partial charge is 0.251 e. The molecule has 0 bridgehead atoms. The molecule has 0 fully saturated rings. The first-order valence-electron chi connectivity index (χ1n) is 8.33. The molecule has 0 radical (unpaired) electrons. The van der Waals surface area contributed by atoms with E-state index in [-0.39, 0.29) is 30.8 Å². The van der Waals surface area contributed by atoms with Crippen LogP contribution in [0.5, 0.6) is 5.75 Å². The van der Waals surface area contributed by atoms with Gasteiger partial charge in [0.1, 0.15) is 18.2 Å². The molecule has 1 aromatic heterocycles. The van der Waals surface area contributed by atoms with Crippen LogP contribution in [-0.4, -0.2) is 23.5 Å². The van der Waals surface area contributed by atoms with Gasteiger partial charge in [-0.05, 0) is 24.3 Å². The Balaban J connectivity index is 1.65. The van der Waals surface area contributed by atoms with Crippen molar-refractivity contribution in [1.29, 1.82) is 0 Å². The Morgan fingerprint density at radius 1 is 1.19 bits per heavy atom. The molecule has 1 heterocycles. The van der Waals surface area contributed by atoms with Gasteiger partial charge in [0.05, 0.1) is 12.2 Å². The van der Waals surface area contributed by atoms with Crippen molar-refractivity contribution >= 4 is 5.91 Å².